The Bertz CT molecular complexity index is 837. The predicted octanol–water partition coefficient (Wildman–Crippen LogP) is 0.993. The van der Waals surface area contributed by atoms with E-state index in [-0.39, 0.29) is 23.8 Å². The lowest BCUT2D eigenvalue weighted by Gasteiger charge is -2.18. The molecule has 1 aliphatic heterocycles. The Balaban J connectivity index is 1.62. The summed E-state index contributed by atoms with van der Waals surface area (Å²) in [5.41, 5.74) is 2.88. The van der Waals surface area contributed by atoms with Gasteiger partial charge in [0.15, 0.2) is 0 Å². The SMILES string of the molecule is Cc1[nH][nH]c(=O)c1CC(=O)NCc1ccccc1CN1CCCC1=O. The summed E-state index contributed by atoms with van der Waals surface area (Å²) in [7, 11) is 0. The second-order valence-electron chi connectivity index (χ2n) is 6.32. The molecule has 0 radical (unpaired) electrons. The van der Waals surface area contributed by atoms with E-state index in [9.17, 15) is 14.4 Å². The third kappa shape index (κ3) is 3.99. The minimum atomic E-state index is -0.263. The van der Waals surface area contributed by atoms with Crippen LogP contribution < -0.4 is 10.9 Å². The Morgan fingerprint density at radius 1 is 1.20 bits per heavy atom. The van der Waals surface area contributed by atoms with E-state index in [0.717, 1.165) is 24.1 Å². The van der Waals surface area contributed by atoms with Crippen molar-refractivity contribution in [2.24, 2.45) is 0 Å². The Morgan fingerprint density at radius 3 is 2.60 bits per heavy atom. The van der Waals surface area contributed by atoms with Crippen molar-refractivity contribution in [3.63, 3.8) is 0 Å². The number of hydrogen-bond acceptors (Lipinski definition) is 3. The van der Waals surface area contributed by atoms with E-state index in [1.807, 2.05) is 29.2 Å². The number of H-pyrrole nitrogens is 2. The first-order chi connectivity index (χ1) is 12.0. The zero-order valence-corrected chi connectivity index (χ0v) is 14.2. The minimum absolute atomic E-state index is 0.0391. The molecule has 25 heavy (non-hydrogen) atoms. The molecule has 3 rings (SSSR count). The Kier molecular flexibility index (Phi) is 5.02. The number of aromatic amines is 2. The normalized spacial score (nSPS) is 14.1. The molecule has 1 aromatic heterocycles. The summed E-state index contributed by atoms with van der Waals surface area (Å²) in [6, 6.07) is 7.78. The lowest BCUT2D eigenvalue weighted by molar-refractivity contribution is -0.128. The Labute approximate surface area is 145 Å². The number of rotatable bonds is 6. The molecule has 2 amide bonds. The van der Waals surface area contributed by atoms with Gasteiger partial charge in [0.2, 0.25) is 11.8 Å². The molecule has 7 heteroatoms. The highest BCUT2D eigenvalue weighted by atomic mass is 16.2. The van der Waals surface area contributed by atoms with Crippen molar-refractivity contribution in [1.29, 1.82) is 0 Å². The molecule has 0 bridgehead atoms. The van der Waals surface area contributed by atoms with Crippen molar-refractivity contribution in [3.05, 3.63) is 57.0 Å². The van der Waals surface area contributed by atoms with Crippen molar-refractivity contribution in [3.8, 4) is 0 Å². The Morgan fingerprint density at radius 2 is 1.96 bits per heavy atom. The van der Waals surface area contributed by atoms with E-state index in [1.54, 1.807) is 6.92 Å². The van der Waals surface area contributed by atoms with Gasteiger partial charge in [-0.3, -0.25) is 19.5 Å². The van der Waals surface area contributed by atoms with Crippen LogP contribution in [0.25, 0.3) is 0 Å². The van der Waals surface area contributed by atoms with Crippen LogP contribution in [0.2, 0.25) is 0 Å². The number of nitrogens with zero attached hydrogens (tertiary/aromatic N) is 1. The average molecular weight is 342 g/mol. The van der Waals surface area contributed by atoms with Crippen LogP contribution in [0.1, 0.15) is 35.2 Å². The third-order valence-corrected chi connectivity index (χ3v) is 4.55. The summed E-state index contributed by atoms with van der Waals surface area (Å²) < 4.78 is 0. The van der Waals surface area contributed by atoms with Gasteiger partial charge in [0.25, 0.3) is 5.56 Å². The summed E-state index contributed by atoms with van der Waals surface area (Å²) >= 11 is 0. The molecular weight excluding hydrogens is 320 g/mol. The molecule has 1 aliphatic rings. The molecule has 1 saturated heterocycles. The zero-order chi connectivity index (χ0) is 17.8. The van der Waals surface area contributed by atoms with E-state index in [0.29, 0.717) is 30.8 Å². The quantitative estimate of drug-likeness (QED) is 0.730. The smallest absolute Gasteiger partial charge is 0.267 e. The van der Waals surface area contributed by atoms with E-state index in [4.69, 9.17) is 0 Å². The maximum Gasteiger partial charge on any atom is 0.267 e. The first kappa shape index (κ1) is 17.0. The van der Waals surface area contributed by atoms with Crippen molar-refractivity contribution < 1.29 is 9.59 Å². The third-order valence-electron chi connectivity index (χ3n) is 4.55. The van der Waals surface area contributed by atoms with E-state index in [2.05, 4.69) is 15.5 Å². The van der Waals surface area contributed by atoms with Gasteiger partial charge in [-0.05, 0) is 24.5 Å². The molecule has 0 saturated carbocycles. The highest BCUT2D eigenvalue weighted by Crippen LogP contribution is 2.17. The van der Waals surface area contributed by atoms with Crippen LogP contribution in [0.15, 0.2) is 29.1 Å². The van der Waals surface area contributed by atoms with Crippen LogP contribution in [0.5, 0.6) is 0 Å². The predicted molar refractivity (Wildman–Crippen MR) is 92.8 cm³/mol. The maximum atomic E-state index is 12.2. The second kappa shape index (κ2) is 7.38. The van der Waals surface area contributed by atoms with Crippen molar-refractivity contribution in [2.75, 3.05) is 6.54 Å². The number of aromatic nitrogens is 2. The van der Waals surface area contributed by atoms with Gasteiger partial charge in [0.1, 0.15) is 0 Å². The van der Waals surface area contributed by atoms with Crippen LogP contribution in [-0.2, 0) is 29.1 Å². The molecular formula is C18H22N4O3. The highest BCUT2D eigenvalue weighted by Gasteiger charge is 2.21. The molecule has 7 nitrogen and oxygen atoms in total. The van der Waals surface area contributed by atoms with Gasteiger partial charge in [-0.15, -0.1) is 0 Å². The van der Waals surface area contributed by atoms with Gasteiger partial charge in [-0.1, -0.05) is 24.3 Å². The molecule has 2 aromatic rings. The van der Waals surface area contributed by atoms with Crippen LogP contribution >= 0.6 is 0 Å². The van der Waals surface area contributed by atoms with E-state index < -0.39 is 0 Å². The van der Waals surface area contributed by atoms with Crippen LogP contribution in [0, 0.1) is 6.92 Å². The number of likely N-dealkylation sites (tertiary alicyclic amines) is 1. The molecule has 3 N–H and O–H groups in total. The van der Waals surface area contributed by atoms with Gasteiger partial charge in [-0.2, -0.15) is 0 Å². The van der Waals surface area contributed by atoms with Crippen molar-refractivity contribution >= 4 is 11.8 Å². The number of hydrogen-bond donors (Lipinski definition) is 3. The fourth-order valence-electron chi connectivity index (χ4n) is 3.06. The monoisotopic (exact) mass is 342 g/mol. The fraction of sp³-hybridized carbons (Fsp3) is 0.389. The van der Waals surface area contributed by atoms with Crippen LogP contribution in [0.3, 0.4) is 0 Å². The Hall–Kier alpha value is -2.83. The maximum absolute atomic E-state index is 12.2. The largest absolute Gasteiger partial charge is 0.352 e. The number of benzene rings is 1. The van der Waals surface area contributed by atoms with Crippen molar-refractivity contribution in [2.45, 2.75) is 39.3 Å². The molecule has 0 aliphatic carbocycles. The van der Waals surface area contributed by atoms with Gasteiger partial charge >= 0.3 is 0 Å². The van der Waals surface area contributed by atoms with Crippen LogP contribution in [-0.4, -0.2) is 33.5 Å². The van der Waals surface area contributed by atoms with Gasteiger partial charge in [-0.25, -0.2) is 0 Å². The number of nitrogens with one attached hydrogen (secondary N) is 3. The molecule has 1 fully saturated rings. The first-order valence-electron chi connectivity index (χ1n) is 8.42. The fourth-order valence-corrected chi connectivity index (χ4v) is 3.06. The average Bonchev–Trinajstić information content (AvgIpc) is 3.14. The van der Waals surface area contributed by atoms with Crippen LogP contribution in [0.4, 0.5) is 0 Å². The lowest BCUT2D eigenvalue weighted by Crippen LogP contribution is -2.28. The number of amides is 2. The van der Waals surface area contributed by atoms with E-state index >= 15 is 0 Å². The minimum Gasteiger partial charge on any atom is -0.352 e. The number of carbonyl (C=O) groups excluding carboxylic acids is 2. The van der Waals surface area contributed by atoms with Crippen molar-refractivity contribution in [1.82, 2.24) is 20.4 Å². The summed E-state index contributed by atoms with van der Waals surface area (Å²) in [6.45, 7) is 3.48. The first-order valence-corrected chi connectivity index (χ1v) is 8.42. The lowest BCUT2D eigenvalue weighted by atomic mass is 10.1. The molecule has 1 aromatic carbocycles. The van der Waals surface area contributed by atoms with Gasteiger partial charge < -0.3 is 15.3 Å². The summed E-state index contributed by atoms with van der Waals surface area (Å²) in [4.78, 5) is 37.4. The molecule has 0 atom stereocenters. The van der Waals surface area contributed by atoms with E-state index in [1.165, 1.54) is 0 Å². The standard InChI is InChI=1S/C18H22N4O3/c1-12-15(18(25)21-20-12)9-16(23)19-10-13-5-2-3-6-14(13)11-22-8-4-7-17(22)24/h2-3,5-6H,4,7-11H2,1H3,(H,19,23)(H2,20,21,25). The van der Waals surface area contributed by atoms with Gasteiger partial charge in [0, 0.05) is 37.3 Å². The molecule has 0 unspecified atom stereocenters. The summed E-state index contributed by atoms with van der Waals surface area (Å²) in [5, 5.41) is 8.05. The number of aryl methyl sites for hydroxylation is 1. The number of carbonyl (C=O) groups is 2. The van der Waals surface area contributed by atoms with Gasteiger partial charge in [0.05, 0.1) is 6.42 Å². The molecule has 132 valence electrons. The topological polar surface area (TPSA) is 98.1 Å². The molecule has 0 spiro atoms. The molecule has 2 heterocycles. The summed E-state index contributed by atoms with van der Waals surface area (Å²) in [6.07, 6.45) is 1.56. The summed E-state index contributed by atoms with van der Waals surface area (Å²) in [5.74, 6) is -0.0266. The highest BCUT2D eigenvalue weighted by molar-refractivity contribution is 5.79. The second-order valence-corrected chi connectivity index (χ2v) is 6.32. The zero-order valence-electron chi connectivity index (χ0n) is 14.2.